The van der Waals surface area contributed by atoms with Gasteiger partial charge in [-0.2, -0.15) is 0 Å². The van der Waals surface area contributed by atoms with Crippen molar-refractivity contribution in [1.82, 2.24) is 19.9 Å². The minimum Gasteiger partial charge on any atom is -0.351 e. The van der Waals surface area contributed by atoms with E-state index in [-0.39, 0.29) is 0 Å². The number of hydrogen-bond donors (Lipinski definition) is 1. The summed E-state index contributed by atoms with van der Waals surface area (Å²) < 4.78 is 0. The lowest BCUT2D eigenvalue weighted by atomic mass is 10.2. The highest BCUT2D eigenvalue weighted by molar-refractivity contribution is 6.02. The molecule has 4 rings (SSSR count). The third kappa shape index (κ3) is 1.57. The molecule has 0 bridgehead atoms. The van der Waals surface area contributed by atoms with Crippen LogP contribution in [0.4, 0.5) is 0 Å². The monoisotopic (exact) mass is 246 g/mol. The predicted molar refractivity (Wildman–Crippen MR) is 74.6 cm³/mol. The molecule has 0 aliphatic rings. The van der Waals surface area contributed by atoms with Crippen molar-refractivity contribution in [2.45, 2.75) is 0 Å². The SMILES string of the molecule is c1ccc(-c2ncc3[nH]c4cccnc4c3n2)cc1. The predicted octanol–water partition coefficient (Wildman–Crippen LogP) is 3.17. The first-order chi connectivity index (χ1) is 9.42. The number of benzene rings is 1. The molecule has 0 spiro atoms. The zero-order valence-corrected chi connectivity index (χ0v) is 10.0. The van der Waals surface area contributed by atoms with Crippen LogP contribution in [0.2, 0.25) is 0 Å². The molecule has 0 atom stereocenters. The Balaban J connectivity index is 2.03. The molecule has 1 N–H and O–H groups in total. The number of nitrogens with zero attached hydrogens (tertiary/aromatic N) is 3. The summed E-state index contributed by atoms with van der Waals surface area (Å²) in [4.78, 5) is 16.7. The molecule has 0 aliphatic carbocycles. The fourth-order valence-corrected chi connectivity index (χ4v) is 2.22. The summed E-state index contributed by atoms with van der Waals surface area (Å²) in [5.74, 6) is 0.722. The smallest absolute Gasteiger partial charge is 0.159 e. The molecule has 0 fully saturated rings. The lowest BCUT2D eigenvalue weighted by Gasteiger charge is -1.99. The lowest BCUT2D eigenvalue weighted by molar-refractivity contribution is 1.22. The van der Waals surface area contributed by atoms with Gasteiger partial charge in [0, 0.05) is 11.8 Å². The van der Waals surface area contributed by atoms with Crippen molar-refractivity contribution in [3.63, 3.8) is 0 Å². The van der Waals surface area contributed by atoms with Crippen molar-refractivity contribution in [1.29, 1.82) is 0 Å². The van der Waals surface area contributed by atoms with Gasteiger partial charge in [0.25, 0.3) is 0 Å². The maximum atomic E-state index is 4.63. The second-order valence-corrected chi connectivity index (χ2v) is 4.35. The van der Waals surface area contributed by atoms with Crippen LogP contribution in [-0.4, -0.2) is 19.9 Å². The molecular weight excluding hydrogens is 236 g/mol. The molecule has 3 aromatic heterocycles. The molecule has 0 amide bonds. The molecule has 90 valence electrons. The Hall–Kier alpha value is -2.75. The summed E-state index contributed by atoms with van der Waals surface area (Å²) in [6, 6.07) is 13.9. The molecule has 0 saturated heterocycles. The first-order valence-corrected chi connectivity index (χ1v) is 6.07. The van der Waals surface area contributed by atoms with Gasteiger partial charge in [-0.05, 0) is 12.1 Å². The van der Waals surface area contributed by atoms with E-state index in [4.69, 9.17) is 0 Å². The molecule has 4 heteroatoms. The fraction of sp³-hybridized carbons (Fsp3) is 0. The minimum atomic E-state index is 0.722. The van der Waals surface area contributed by atoms with Crippen LogP contribution in [0, 0.1) is 0 Å². The zero-order valence-electron chi connectivity index (χ0n) is 10.0. The van der Waals surface area contributed by atoms with Crippen LogP contribution in [-0.2, 0) is 0 Å². The van der Waals surface area contributed by atoms with Crippen LogP contribution in [0.1, 0.15) is 0 Å². The summed E-state index contributed by atoms with van der Waals surface area (Å²) in [7, 11) is 0. The van der Waals surface area contributed by atoms with Crippen molar-refractivity contribution in [2.24, 2.45) is 0 Å². The Bertz CT molecular complexity index is 865. The normalized spacial score (nSPS) is 11.2. The Morgan fingerprint density at radius 1 is 0.789 bits per heavy atom. The second-order valence-electron chi connectivity index (χ2n) is 4.35. The minimum absolute atomic E-state index is 0.722. The quantitative estimate of drug-likeness (QED) is 0.561. The second kappa shape index (κ2) is 3.88. The van der Waals surface area contributed by atoms with E-state index >= 15 is 0 Å². The van der Waals surface area contributed by atoms with Crippen molar-refractivity contribution in [3.8, 4) is 11.4 Å². The van der Waals surface area contributed by atoms with E-state index in [0.717, 1.165) is 33.5 Å². The van der Waals surface area contributed by atoms with E-state index in [1.807, 2.05) is 48.7 Å². The van der Waals surface area contributed by atoms with Gasteiger partial charge in [0.2, 0.25) is 0 Å². The van der Waals surface area contributed by atoms with Crippen LogP contribution in [0.15, 0.2) is 54.9 Å². The van der Waals surface area contributed by atoms with E-state index in [0.29, 0.717) is 0 Å². The molecule has 4 nitrogen and oxygen atoms in total. The van der Waals surface area contributed by atoms with Crippen LogP contribution in [0.5, 0.6) is 0 Å². The van der Waals surface area contributed by atoms with Crippen LogP contribution >= 0.6 is 0 Å². The Kier molecular flexibility index (Phi) is 2.08. The highest BCUT2D eigenvalue weighted by atomic mass is 14.9. The third-order valence-corrected chi connectivity index (χ3v) is 3.12. The van der Waals surface area contributed by atoms with Crippen molar-refractivity contribution < 1.29 is 0 Å². The number of nitrogens with one attached hydrogen (secondary N) is 1. The third-order valence-electron chi connectivity index (χ3n) is 3.12. The van der Waals surface area contributed by atoms with Gasteiger partial charge < -0.3 is 4.98 Å². The van der Waals surface area contributed by atoms with Crippen LogP contribution in [0.25, 0.3) is 33.5 Å². The summed E-state index contributed by atoms with van der Waals surface area (Å²) in [6.07, 6.45) is 3.59. The highest BCUT2D eigenvalue weighted by Gasteiger charge is 2.08. The molecule has 0 radical (unpaired) electrons. The van der Waals surface area contributed by atoms with Gasteiger partial charge in [-0.25, -0.2) is 9.97 Å². The molecule has 0 unspecified atom stereocenters. The van der Waals surface area contributed by atoms with Crippen molar-refractivity contribution in [3.05, 3.63) is 54.9 Å². The van der Waals surface area contributed by atoms with Gasteiger partial charge in [-0.1, -0.05) is 30.3 Å². The zero-order chi connectivity index (χ0) is 12.7. The van der Waals surface area contributed by atoms with E-state index in [1.165, 1.54) is 0 Å². The van der Waals surface area contributed by atoms with Crippen LogP contribution < -0.4 is 0 Å². The molecule has 19 heavy (non-hydrogen) atoms. The lowest BCUT2D eigenvalue weighted by Crippen LogP contribution is -1.88. The first kappa shape index (κ1) is 10.2. The molecule has 0 aliphatic heterocycles. The molecule has 0 saturated carbocycles. The van der Waals surface area contributed by atoms with Gasteiger partial charge in [-0.3, -0.25) is 4.98 Å². The van der Waals surface area contributed by atoms with E-state index in [2.05, 4.69) is 19.9 Å². The number of rotatable bonds is 1. The van der Waals surface area contributed by atoms with Gasteiger partial charge in [-0.15, -0.1) is 0 Å². The number of H-pyrrole nitrogens is 1. The number of hydrogen-bond acceptors (Lipinski definition) is 3. The molecule has 3 heterocycles. The topological polar surface area (TPSA) is 54.5 Å². The molecule has 1 aromatic carbocycles. The Morgan fingerprint density at radius 3 is 2.58 bits per heavy atom. The summed E-state index contributed by atoms with van der Waals surface area (Å²) >= 11 is 0. The van der Waals surface area contributed by atoms with Crippen LogP contribution in [0.3, 0.4) is 0 Å². The molecule has 4 aromatic rings. The van der Waals surface area contributed by atoms with E-state index < -0.39 is 0 Å². The summed E-state index contributed by atoms with van der Waals surface area (Å²) in [5.41, 5.74) is 4.65. The largest absolute Gasteiger partial charge is 0.351 e. The summed E-state index contributed by atoms with van der Waals surface area (Å²) in [6.45, 7) is 0. The summed E-state index contributed by atoms with van der Waals surface area (Å²) in [5, 5.41) is 0. The number of aromatic amines is 1. The number of fused-ring (bicyclic) bond motifs is 3. The maximum Gasteiger partial charge on any atom is 0.159 e. The average molecular weight is 246 g/mol. The average Bonchev–Trinajstić information content (AvgIpc) is 2.86. The van der Waals surface area contributed by atoms with E-state index in [9.17, 15) is 0 Å². The highest BCUT2D eigenvalue weighted by Crippen LogP contribution is 2.23. The molecular formula is C15H10N4. The standard InChI is InChI=1S/C15H10N4/c1-2-5-10(6-3-1)15-17-9-12-14(19-15)13-11(18-12)7-4-8-16-13/h1-9,18H. The van der Waals surface area contributed by atoms with E-state index in [1.54, 1.807) is 6.20 Å². The van der Waals surface area contributed by atoms with Crippen molar-refractivity contribution in [2.75, 3.05) is 0 Å². The number of pyridine rings is 1. The first-order valence-electron chi connectivity index (χ1n) is 6.07. The van der Waals surface area contributed by atoms with Gasteiger partial charge in [0.15, 0.2) is 5.82 Å². The Morgan fingerprint density at radius 2 is 1.68 bits per heavy atom. The van der Waals surface area contributed by atoms with Crippen molar-refractivity contribution >= 4 is 22.1 Å². The van der Waals surface area contributed by atoms with Gasteiger partial charge >= 0.3 is 0 Å². The van der Waals surface area contributed by atoms with Gasteiger partial charge in [0.1, 0.15) is 11.0 Å². The van der Waals surface area contributed by atoms with Gasteiger partial charge in [0.05, 0.1) is 17.2 Å². The Labute approximate surface area is 109 Å². The maximum absolute atomic E-state index is 4.63. The fourth-order valence-electron chi connectivity index (χ4n) is 2.22. The number of aromatic nitrogens is 4.